The molecule has 3 aromatic rings. The van der Waals surface area contributed by atoms with E-state index >= 15 is 0 Å². The third-order valence-corrected chi connectivity index (χ3v) is 4.74. The van der Waals surface area contributed by atoms with Crippen molar-refractivity contribution in [3.8, 4) is 17.3 Å². The zero-order valence-corrected chi connectivity index (χ0v) is 14.1. The topological polar surface area (TPSA) is 60.8 Å². The standard InChI is InChI=1S/C21H21N3O/c22-9-6-15-12-17-14-19(16-4-2-1-3-5-16)24-21(17)20(13-15)23-18-7-10-25-11-8-18/h1-5,12-14,18,23-24H,6-8,10-11H2. The van der Waals surface area contributed by atoms with Gasteiger partial charge in [-0.2, -0.15) is 5.26 Å². The lowest BCUT2D eigenvalue weighted by Crippen LogP contribution is -2.27. The predicted octanol–water partition coefficient (Wildman–Crippen LogP) is 4.49. The molecule has 0 amide bonds. The molecule has 0 bridgehead atoms. The van der Waals surface area contributed by atoms with Crippen molar-refractivity contribution in [2.45, 2.75) is 25.3 Å². The zero-order valence-electron chi connectivity index (χ0n) is 14.1. The van der Waals surface area contributed by atoms with Gasteiger partial charge in [0.05, 0.1) is 23.7 Å². The first-order valence-electron chi connectivity index (χ1n) is 8.76. The van der Waals surface area contributed by atoms with Gasteiger partial charge < -0.3 is 15.0 Å². The van der Waals surface area contributed by atoms with Crippen LogP contribution in [-0.4, -0.2) is 24.2 Å². The van der Waals surface area contributed by atoms with Gasteiger partial charge in [-0.15, -0.1) is 0 Å². The highest BCUT2D eigenvalue weighted by atomic mass is 16.5. The second-order valence-corrected chi connectivity index (χ2v) is 6.52. The molecule has 4 rings (SSSR count). The average molecular weight is 331 g/mol. The number of nitrogens with one attached hydrogen (secondary N) is 2. The van der Waals surface area contributed by atoms with Crippen LogP contribution in [0.3, 0.4) is 0 Å². The molecule has 1 fully saturated rings. The van der Waals surface area contributed by atoms with Crippen LogP contribution in [0.15, 0.2) is 48.5 Å². The summed E-state index contributed by atoms with van der Waals surface area (Å²) < 4.78 is 5.46. The minimum Gasteiger partial charge on any atom is -0.381 e. The van der Waals surface area contributed by atoms with Gasteiger partial charge in [-0.25, -0.2) is 0 Å². The van der Waals surface area contributed by atoms with Gasteiger partial charge in [0.25, 0.3) is 0 Å². The van der Waals surface area contributed by atoms with Crippen LogP contribution in [0.4, 0.5) is 5.69 Å². The number of fused-ring (bicyclic) bond motifs is 1. The molecule has 4 heteroatoms. The summed E-state index contributed by atoms with van der Waals surface area (Å²) in [6, 6.07) is 19.4. The van der Waals surface area contributed by atoms with Gasteiger partial charge in [0, 0.05) is 30.3 Å². The molecule has 0 unspecified atom stereocenters. The highest BCUT2D eigenvalue weighted by Gasteiger charge is 2.16. The first kappa shape index (κ1) is 15.7. The number of hydrogen-bond acceptors (Lipinski definition) is 3. The third kappa shape index (κ3) is 3.38. The van der Waals surface area contributed by atoms with E-state index in [-0.39, 0.29) is 0 Å². The first-order chi connectivity index (χ1) is 12.3. The number of rotatable bonds is 4. The minimum atomic E-state index is 0.415. The molecule has 25 heavy (non-hydrogen) atoms. The van der Waals surface area contributed by atoms with Crippen LogP contribution in [0.5, 0.6) is 0 Å². The number of anilines is 1. The summed E-state index contributed by atoms with van der Waals surface area (Å²) in [6.07, 6.45) is 2.44. The van der Waals surface area contributed by atoms with Gasteiger partial charge in [-0.3, -0.25) is 0 Å². The normalized spacial score (nSPS) is 15.2. The van der Waals surface area contributed by atoms with Crippen LogP contribution >= 0.6 is 0 Å². The van der Waals surface area contributed by atoms with E-state index in [2.05, 4.69) is 46.7 Å². The van der Waals surface area contributed by atoms with Crippen LogP contribution in [0.2, 0.25) is 0 Å². The maximum atomic E-state index is 9.09. The molecule has 0 spiro atoms. The molecule has 2 heterocycles. The Kier molecular flexibility index (Phi) is 4.41. The smallest absolute Gasteiger partial charge is 0.0694 e. The van der Waals surface area contributed by atoms with E-state index in [1.54, 1.807) is 0 Å². The number of H-pyrrole nitrogens is 1. The van der Waals surface area contributed by atoms with Crippen molar-refractivity contribution in [1.82, 2.24) is 4.98 Å². The fraction of sp³-hybridized carbons (Fsp3) is 0.286. The molecule has 1 aromatic heterocycles. The lowest BCUT2D eigenvalue weighted by atomic mass is 10.1. The zero-order chi connectivity index (χ0) is 17.1. The van der Waals surface area contributed by atoms with Crippen molar-refractivity contribution in [1.29, 1.82) is 5.26 Å². The van der Waals surface area contributed by atoms with E-state index < -0.39 is 0 Å². The molecule has 0 radical (unpaired) electrons. The SMILES string of the molecule is N#CCc1cc(NC2CCOCC2)c2[nH]c(-c3ccccc3)cc2c1. The van der Waals surface area contributed by atoms with Crippen molar-refractivity contribution in [3.05, 3.63) is 54.1 Å². The second kappa shape index (κ2) is 7.00. The Labute approximate surface area is 147 Å². The maximum absolute atomic E-state index is 9.09. The minimum absolute atomic E-state index is 0.415. The van der Waals surface area contributed by atoms with Crippen molar-refractivity contribution < 1.29 is 4.74 Å². The lowest BCUT2D eigenvalue weighted by molar-refractivity contribution is 0.0905. The van der Waals surface area contributed by atoms with Gasteiger partial charge >= 0.3 is 0 Å². The molecule has 0 atom stereocenters. The molecule has 2 aromatic carbocycles. The van der Waals surface area contributed by atoms with Gasteiger partial charge in [-0.1, -0.05) is 30.3 Å². The summed E-state index contributed by atoms with van der Waals surface area (Å²) >= 11 is 0. The fourth-order valence-corrected chi connectivity index (χ4v) is 3.45. The van der Waals surface area contributed by atoms with E-state index in [1.165, 1.54) is 0 Å². The number of nitriles is 1. The van der Waals surface area contributed by atoms with E-state index in [1.807, 2.05) is 18.2 Å². The average Bonchev–Trinajstić information content (AvgIpc) is 3.08. The number of ether oxygens (including phenoxy) is 1. The van der Waals surface area contributed by atoms with Gasteiger partial charge in [-0.05, 0) is 42.2 Å². The number of aromatic nitrogens is 1. The van der Waals surface area contributed by atoms with E-state index in [9.17, 15) is 0 Å². The highest BCUT2D eigenvalue weighted by molar-refractivity contribution is 5.95. The number of hydrogen-bond donors (Lipinski definition) is 2. The van der Waals surface area contributed by atoms with Gasteiger partial charge in [0.15, 0.2) is 0 Å². The van der Waals surface area contributed by atoms with Crippen molar-refractivity contribution in [3.63, 3.8) is 0 Å². The molecule has 1 aliphatic heterocycles. The molecule has 2 N–H and O–H groups in total. The summed E-state index contributed by atoms with van der Waals surface area (Å²) in [5, 5.41) is 13.9. The van der Waals surface area contributed by atoms with E-state index in [0.717, 1.165) is 59.5 Å². The van der Waals surface area contributed by atoms with Crippen LogP contribution in [0, 0.1) is 11.3 Å². The van der Waals surface area contributed by atoms with Crippen molar-refractivity contribution in [2.24, 2.45) is 0 Å². The molecule has 126 valence electrons. The molecule has 0 saturated carbocycles. The molecular weight excluding hydrogens is 310 g/mol. The molecule has 0 aliphatic carbocycles. The molecule has 1 aliphatic rings. The molecule has 4 nitrogen and oxygen atoms in total. The Morgan fingerprint density at radius 1 is 1.12 bits per heavy atom. The quantitative estimate of drug-likeness (QED) is 0.740. The largest absolute Gasteiger partial charge is 0.381 e. The maximum Gasteiger partial charge on any atom is 0.0694 e. The van der Waals surface area contributed by atoms with Crippen LogP contribution in [0.25, 0.3) is 22.2 Å². The summed E-state index contributed by atoms with van der Waals surface area (Å²) in [4.78, 5) is 3.56. The Morgan fingerprint density at radius 3 is 2.68 bits per heavy atom. The Morgan fingerprint density at radius 2 is 1.92 bits per heavy atom. The molecular formula is C21H21N3O. The monoisotopic (exact) mass is 331 g/mol. The summed E-state index contributed by atoms with van der Waals surface area (Å²) in [7, 11) is 0. The van der Waals surface area contributed by atoms with Crippen LogP contribution in [0.1, 0.15) is 18.4 Å². The summed E-state index contributed by atoms with van der Waals surface area (Å²) in [5.74, 6) is 0. The first-order valence-corrected chi connectivity index (χ1v) is 8.76. The van der Waals surface area contributed by atoms with Crippen molar-refractivity contribution in [2.75, 3.05) is 18.5 Å². The Hall–Kier alpha value is -2.77. The van der Waals surface area contributed by atoms with Gasteiger partial charge in [0.2, 0.25) is 0 Å². The fourth-order valence-electron chi connectivity index (χ4n) is 3.45. The Balaban J connectivity index is 1.75. The Bertz CT molecular complexity index is 902. The number of aromatic amines is 1. The van der Waals surface area contributed by atoms with Crippen molar-refractivity contribution >= 4 is 16.6 Å². The van der Waals surface area contributed by atoms with E-state index in [0.29, 0.717) is 12.5 Å². The van der Waals surface area contributed by atoms with Gasteiger partial charge in [0.1, 0.15) is 0 Å². The number of nitrogens with zero attached hydrogens (tertiary/aromatic N) is 1. The van der Waals surface area contributed by atoms with Crippen LogP contribution < -0.4 is 5.32 Å². The lowest BCUT2D eigenvalue weighted by Gasteiger charge is -2.24. The second-order valence-electron chi connectivity index (χ2n) is 6.52. The van der Waals surface area contributed by atoms with E-state index in [4.69, 9.17) is 10.00 Å². The summed E-state index contributed by atoms with van der Waals surface area (Å²) in [6.45, 7) is 1.61. The molecule has 1 saturated heterocycles. The van der Waals surface area contributed by atoms with Crippen LogP contribution in [-0.2, 0) is 11.2 Å². The highest BCUT2D eigenvalue weighted by Crippen LogP contribution is 2.31. The summed E-state index contributed by atoms with van der Waals surface area (Å²) in [5.41, 5.74) is 5.49. The number of benzene rings is 2. The predicted molar refractivity (Wildman–Crippen MR) is 101 cm³/mol. The third-order valence-electron chi connectivity index (χ3n) is 4.74.